The van der Waals surface area contributed by atoms with E-state index >= 15 is 0 Å². The van der Waals surface area contributed by atoms with Gasteiger partial charge in [0.15, 0.2) is 17.9 Å². The number of aromatic nitrogens is 1. The molecule has 0 fully saturated rings. The zero-order valence-electron chi connectivity index (χ0n) is 16.3. The number of nitrogens with zero attached hydrogens (tertiary/aromatic N) is 1. The van der Waals surface area contributed by atoms with E-state index in [4.69, 9.17) is 23.8 Å². The number of benzene rings is 2. The van der Waals surface area contributed by atoms with Gasteiger partial charge in [0.2, 0.25) is 10.0 Å². The first-order valence-corrected chi connectivity index (χ1v) is 11.4. The summed E-state index contributed by atoms with van der Waals surface area (Å²) < 4.78 is 58.9. The van der Waals surface area contributed by atoms with Crippen molar-refractivity contribution in [3.63, 3.8) is 0 Å². The third kappa shape index (κ3) is 7.47. The Morgan fingerprint density at radius 3 is 1.73 bits per heavy atom. The first kappa shape index (κ1) is 23.9. The maximum atomic E-state index is 11.4. The summed E-state index contributed by atoms with van der Waals surface area (Å²) >= 11 is 0. The summed E-state index contributed by atoms with van der Waals surface area (Å²) in [5, 5.41) is 5.15. The first-order valence-electron chi connectivity index (χ1n) is 8.64. The van der Waals surface area contributed by atoms with Crippen molar-refractivity contribution in [3.8, 4) is 11.1 Å². The van der Waals surface area contributed by atoms with Crippen LogP contribution in [0.25, 0.3) is 11.1 Å². The van der Waals surface area contributed by atoms with Crippen molar-refractivity contribution in [2.75, 3.05) is 0 Å². The molecule has 0 amide bonds. The molecule has 30 heavy (non-hydrogen) atoms. The molecule has 0 spiro atoms. The van der Waals surface area contributed by atoms with Gasteiger partial charge in [-0.2, -0.15) is 4.57 Å². The Labute approximate surface area is 177 Å². The van der Waals surface area contributed by atoms with Crippen molar-refractivity contribution < 1.29 is 41.9 Å². The second-order valence-electron chi connectivity index (χ2n) is 6.55. The monoisotopic (exact) mass is 452 g/mol. The molecule has 0 atom stereocenters. The average Bonchev–Trinajstić information content (AvgIpc) is 2.63. The molecule has 0 unspecified atom stereocenters. The van der Waals surface area contributed by atoms with Crippen molar-refractivity contribution in [2.24, 2.45) is 5.14 Å². The maximum absolute atomic E-state index is 11.4. The Morgan fingerprint density at radius 1 is 0.833 bits per heavy atom. The van der Waals surface area contributed by atoms with E-state index in [0.29, 0.717) is 6.54 Å². The average molecular weight is 453 g/mol. The summed E-state index contributed by atoms with van der Waals surface area (Å²) in [6, 6.07) is 21.3. The number of primary sulfonamides is 1. The van der Waals surface area contributed by atoms with Crippen LogP contribution in [0, 0.1) is 24.1 Å². The highest BCUT2D eigenvalue weighted by atomic mass is 35.7. The molecule has 0 aliphatic carbocycles. The van der Waals surface area contributed by atoms with Gasteiger partial charge in [0.25, 0.3) is 0 Å². The van der Waals surface area contributed by atoms with Gasteiger partial charge in [0.1, 0.15) is 0 Å². The summed E-state index contributed by atoms with van der Waals surface area (Å²) in [4.78, 5) is 0.133. The van der Waals surface area contributed by atoms with Crippen LogP contribution >= 0.6 is 0 Å². The van der Waals surface area contributed by atoms with Crippen LogP contribution in [0.3, 0.4) is 0 Å². The Kier molecular flexibility index (Phi) is 7.67. The lowest BCUT2D eigenvalue weighted by Crippen LogP contribution is -2.68. The molecule has 0 aliphatic heterocycles. The number of hydrogen-bond donors (Lipinski definition) is 1. The van der Waals surface area contributed by atoms with Gasteiger partial charge in [-0.1, -0.05) is 42.5 Å². The van der Waals surface area contributed by atoms with Gasteiger partial charge in [-0.05, 0) is 23.3 Å². The molecule has 10 heteroatoms. The van der Waals surface area contributed by atoms with E-state index in [2.05, 4.69) is 42.7 Å². The molecule has 0 saturated heterocycles. The van der Waals surface area contributed by atoms with Crippen LogP contribution in [0.15, 0.2) is 71.6 Å². The fourth-order valence-corrected chi connectivity index (χ4v) is 3.45. The van der Waals surface area contributed by atoms with Crippen molar-refractivity contribution >= 4 is 10.0 Å². The smallest absolute Gasteiger partial charge is 0.225 e. The normalized spacial score (nSPS) is 11.6. The summed E-state index contributed by atoms with van der Waals surface area (Å²) in [5.41, 5.74) is 5.70. The largest absolute Gasteiger partial charge is 0.238 e. The predicted octanol–water partition coefficient (Wildman–Crippen LogP) is -1.80. The van der Waals surface area contributed by atoms with Gasteiger partial charge in [-0.15, -0.1) is 10.2 Å². The minimum absolute atomic E-state index is 0.133. The third-order valence-electron chi connectivity index (χ3n) is 4.28. The Balaban J connectivity index is 0.000000575. The number of aryl methyl sites for hydroxylation is 2. The summed E-state index contributed by atoms with van der Waals surface area (Å²) in [7, 11) is -8.60. The Hall–Kier alpha value is -2.37. The fraction of sp³-hybridized carbons (Fsp3) is 0.150. The van der Waals surface area contributed by atoms with Crippen molar-refractivity contribution in [1.82, 2.24) is 0 Å². The Morgan fingerprint density at radius 2 is 1.30 bits per heavy atom. The number of sulfonamides is 1. The van der Waals surface area contributed by atoms with Gasteiger partial charge in [-0.25, -0.2) is 32.2 Å². The number of pyridine rings is 1. The number of rotatable bonds is 4. The minimum atomic E-state index is -4.94. The summed E-state index contributed by atoms with van der Waals surface area (Å²) in [5.74, 6) is 0. The van der Waals surface area contributed by atoms with E-state index in [1.807, 2.05) is 18.2 Å². The fourth-order valence-electron chi connectivity index (χ4n) is 2.94. The molecule has 0 bridgehead atoms. The zero-order valence-corrected chi connectivity index (χ0v) is 17.9. The molecule has 0 radical (unpaired) electrons. The van der Waals surface area contributed by atoms with Crippen molar-refractivity contribution in [3.05, 3.63) is 83.7 Å². The highest BCUT2D eigenvalue weighted by Gasteiger charge is 2.15. The van der Waals surface area contributed by atoms with Gasteiger partial charge in [0.05, 0.1) is 4.90 Å². The highest BCUT2D eigenvalue weighted by molar-refractivity contribution is 7.89. The minimum Gasteiger partial charge on any atom is -0.225 e. The van der Waals surface area contributed by atoms with Crippen molar-refractivity contribution in [2.45, 2.75) is 25.3 Å². The summed E-state index contributed by atoms with van der Waals surface area (Å²) in [6.07, 6.45) is 0. The van der Waals surface area contributed by atoms with E-state index in [9.17, 15) is 8.42 Å². The molecule has 160 valence electrons. The van der Waals surface area contributed by atoms with Gasteiger partial charge in [0, 0.05) is 31.5 Å². The molecule has 3 aromatic rings. The molecule has 8 nitrogen and oxygen atoms in total. The molecular formula is C20H21ClN2O6S. The lowest BCUT2D eigenvalue weighted by molar-refractivity contribution is -2.00. The van der Waals surface area contributed by atoms with Gasteiger partial charge in [-0.3, -0.25) is 0 Å². The lowest BCUT2D eigenvalue weighted by atomic mass is 10.0. The molecule has 2 N–H and O–H groups in total. The summed E-state index contributed by atoms with van der Waals surface area (Å²) in [6.45, 7) is 4.84. The number of halogens is 1. The lowest BCUT2D eigenvalue weighted by Gasteiger charge is -2.17. The van der Waals surface area contributed by atoms with Crippen LogP contribution in [0.2, 0.25) is 0 Å². The van der Waals surface area contributed by atoms with E-state index < -0.39 is 20.3 Å². The second-order valence-corrected chi connectivity index (χ2v) is 8.86. The molecule has 3 rings (SSSR count). The van der Waals surface area contributed by atoms with Crippen LogP contribution in [-0.2, 0) is 16.6 Å². The molecule has 2 aromatic carbocycles. The van der Waals surface area contributed by atoms with Gasteiger partial charge < -0.3 is 0 Å². The topological polar surface area (TPSA) is 156 Å². The first-order chi connectivity index (χ1) is 13.8. The van der Waals surface area contributed by atoms with Crippen LogP contribution in [-0.4, -0.2) is 8.42 Å². The van der Waals surface area contributed by atoms with Crippen LogP contribution in [0.1, 0.15) is 17.0 Å². The Bertz CT molecular complexity index is 1070. The maximum Gasteiger partial charge on any atom is 0.238 e. The van der Waals surface area contributed by atoms with E-state index in [0.717, 1.165) is 17.0 Å². The van der Waals surface area contributed by atoms with E-state index in [1.54, 1.807) is 24.3 Å². The second kappa shape index (κ2) is 9.63. The molecule has 0 aliphatic rings. The van der Waals surface area contributed by atoms with Crippen LogP contribution in [0.4, 0.5) is 0 Å². The van der Waals surface area contributed by atoms with Crippen LogP contribution < -0.4 is 28.3 Å². The number of nitrogens with two attached hydrogens (primary N) is 1. The standard InChI is InChI=1S/C20H21N2O2S.ClHO4/c1-15-12-19(18-6-4-3-5-7-18)13-16(2)22(15)14-17-8-10-20(11-9-17)25(21,23)24;2-1(3,4)5/h3-13H,14H2,1-2H3,(H2,21,23,24);(H,2,3,4,5)/q+1;/p-1. The predicted molar refractivity (Wildman–Crippen MR) is 98.5 cm³/mol. The van der Waals surface area contributed by atoms with E-state index in [1.165, 1.54) is 11.1 Å². The SMILES string of the molecule is Cc1cc(-c2ccccc2)cc(C)[n+]1Cc1ccc(S(N)(=O)=O)cc1.[O-][Cl+3]([O-])([O-])[O-]. The number of hydrogen-bond acceptors (Lipinski definition) is 6. The zero-order chi connectivity index (χ0) is 22.5. The third-order valence-corrected chi connectivity index (χ3v) is 5.21. The van der Waals surface area contributed by atoms with E-state index in [-0.39, 0.29) is 4.90 Å². The molecular weight excluding hydrogens is 432 g/mol. The molecule has 0 saturated carbocycles. The molecule has 1 aromatic heterocycles. The molecule has 1 heterocycles. The van der Waals surface area contributed by atoms with Crippen LogP contribution in [0.5, 0.6) is 0 Å². The van der Waals surface area contributed by atoms with Gasteiger partial charge >= 0.3 is 0 Å². The quantitative estimate of drug-likeness (QED) is 0.460. The van der Waals surface area contributed by atoms with Crippen molar-refractivity contribution in [1.29, 1.82) is 0 Å². The highest BCUT2D eigenvalue weighted by Crippen LogP contribution is 2.20.